The zero-order valence-electron chi connectivity index (χ0n) is 13.2. The van der Waals surface area contributed by atoms with E-state index in [2.05, 4.69) is 35.6 Å². The summed E-state index contributed by atoms with van der Waals surface area (Å²) >= 11 is 0. The van der Waals surface area contributed by atoms with Crippen LogP contribution in [-0.4, -0.2) is 12.6 Å². The second-order valence-corrected chi connectivity index (χ2v) is 8.07. The minimum absolute atomic E-state index is 0.439. The maximum absolute atomic E-state index is 3.84. The van der Waals surface area contributed by atoms with Gasteiger partial charge in [-0.2, -0.15) is 0 Å². The minimum atomic E-state index is 0.439. The van der Waals surface area contributed by atoms with Gasteiger partial charge in [-0.25, -0.2) is 0 Å². The molecule has 0 saturated heterocycles. The van der Waals surface area contributed by atoms with Gasteiger partial charge in [0.15, 0.2) is 0 Å². The molecule has 0 radical (unpaired) electrons. The first-order chi connectivity index (χ1) is 10.3. The first-order valence-electron chi connectivity index (χ1n) is 9.09. The fourth-order valence-corrected chi connectivity index (χ4v) is 5.07. The molecule has 0 aliphatic heterocycles. The molecule has 0 unspecified atom stereocenters. The number of benzene rings is 1. The highest BCUT2D eigenvalue weighted by atomic mass is 15.0. The molecule has 4 rings (SSSR count). The van der Waals surface area contributed by atoms with Crippen LogP contribution in [-0.2, 0) is 5.41 Å². The second kappa shape index (κ2) is 5.43. The molecule has 3 aliphatic carbocycles. The molecule has 1 nitrogen and oxygen atoms in total. The van der Waals surface area contributed by atoms with E-state index in [1.54, 1.807) is 5.56 Å². The van der Waals surface area contributed by atoms with Crippen LogP contribution in [0.2, 0.25) is 0 Å². The maximum atomic E-state index is 3.84. The Kier molecular flexibility index (Phi) is 3.57. The Morgan fingerprint density at radius 3 is 2.19 bits per heavy atom. The lowest BCUT2D eigenvalue weighted by Gasteiger charge is -2.57. The van der Waals surface area contributed by atoms with E-state index < -0.39 is 0 Å². The van der Waals surface area contributed by atoms with Gasteiger partial charge < -0.3 is 5.32 Å². The Morgan fingerprint density at radius 2 is 1.57 bits per heavy atom. The molecule has 3 saturated carbocycles. The maximum Gasteiger partial charge on any atom is 0.00884 e. The molecule has 1 aromatic carbocycles. The molecule has 1 spiro atoms. The van der Waals surface area contributed by atoms with Crippen LogP contribution < -0.4 is 5.32 Å². The van der Waals surface area contributed by atoms with Crippen LogP contribution in [0.1, 0.15) is 69.8 Å². The lowest BCUT2D eigenvalue weighted by Crippen LogP contribution is -2.55. The molecule has 0 amide bonds. The molecule has 0 aromatic heterocycles. The Balaban J connectivity index is 1.52. The SMILES string of the molecule is c1ccc(C2(CNC3CC3)CC3(CCCCCC3)C2)cc1. The van der Waals surface area contributed by atoms with Crippen molar-refractivity contribution in [1.82, 2.24) is 5.32 Å². The van der Waals surface area contributed by atoms with Gasteiger partial charge >= 0.3 is 0 Å². The van der Waals surface area contributed by atoms with Crippen molar-refractivity contribution in [1.29, 1.82) is 0 Å². The third kappa shape index (κ3) is 2.77. The van der Waals surface area contributed by atoms with E-state index >= 15 is 0 Å². The molecule has 21 heavy (non-hydrogen) atoms. The highest BCUT2D eigenvalue weighted by Crippen LogP contribution is 2.61. The quantitative estimate of drug-likeness (QED) is 0.836. The lowest BCUT2D eigenvalue weighted by molar-refractivity contribution is 0.00593. The van der Waals surface area contributed by atoms with Crippen LogP contribution in [0.5, 0.6) is 0 Å². The van der Waals surface area contributed by atoms with Gasteiger partial charge in [-0.15, -0.1) is 0 Å². The van der Waals surface area contributed by atoms with Crippen molar-refractivity contribution in [3.8, 4) is 0 Å². The number of hydrogen-bond donors (Lipinski definition) is 1. The van der Waals surface area contributed by atoms with Crippen molar-refractivity contribution in [2.75, 3.05) is 6.54 Å². The van der Waals surface area contributed by atoms with Gasteiger partial charge in [0.1, 0.15) is 0 Å². The molecule has 114 valence electrons. The zero-order chi connectivity index (χ0) is 14.2. The van der Waals surface area contributed by atoms with Gasteiger partial charge in [0.2, 0.25) is 0 Å². The van der Waals surface area contributed by atoms with Crippen LogP contribution in [0.25, 0.3) is 0 Å². The number of hydrogen-bond acceptors (Lipinski definition) is 1. The summed E-state index contributed by atoms with van der Waals surface area (Å²) < 4.78 is 0. The van der Waals surface area contributed by atoms with Crippen molar-refractivity contribution in [2.24, 2.45) is 5.41 Å². The van der Waals surface area contributed by atoms with E-state index in [1.165, 1.54) is 70.8 Å². The van der Waals surface area contributed by atoms with Gasteiger partial charge in [-0.1, -0.05) is 56.0 Å². The van der Waals surface area contributed by atoms with Crippen LogP contribution in [0, 0.1) is 5.41 Å². The van der Waals surface area contributed by atoms with Crippen LogP contribution in [0.15, 0.2) is 30.3 Å². The van der Waals surface area contributed by atoms with Crippen molar-refractivity contribution < 1.29 is 0 Å². The molecule has 1 heteroatoms. The van der Waals surface area contributed by atoms with E-state index in [9.17, 15) is 0 Å². The van der Waals surface area contributed by atoms with Crippen molar-refractivity contribution in [3.63, 3.8) is 0 Å². The summed E-state index contributed by atoms with van der Waals surface area (Å²) in [5.41, 5.74) is 2.72. The molecular formula is C20H29N. The lowest BCUT2D eigenvalue weighted by atomic mass is 9.48. The third-order valence-corrected chi connectivity index (χ3v) is 6.28. The van der Waals surface area contributed by atoms with E-state index in [1.807, 2.05) is 0 Å². The van der Waals surface area contributed by atoms with Crippen molar-refractivity contribution >= 4 is 0 Å². The van der Waals surface area contributed by atoms with Crippen LogP contribution >= 0.6 is 0 Å². The molecular weight excluding hydrogens is 254 g/mol. The smallest absolute Gasteiger partial charge is 0.00884 e. The molecule has 0 heterocycles. The predicted octanol–water partition coefficient (Wildman–Crippen LogP) is 4.81. The van der Waals surface area contributed by atoms with Gasteiger partial charge in [-0.3, -0.25) is 0 Å². The van der Waals surface area contributed by atoms with E-state index in [-0.39, 0.29) is 0 Å². The predicted molar refractivity (Wildman–Crippen MR) is 88.5 cm³/mol. The summed E-state index contributed by atoms with van der Waals surface area (Å²) in [5.74, 6) is 0. The average Bonchev–Trinajstić information content (AvgIpc) is 3.31. The van der Waals surface area contributed by atoms with Crippen molar-refractivity contribution in [3.05, 3.63) is 35.9 Å². The number of rotatable bonds is 4. The third-order valence-electron chi connectivity index (χ3n) is 6.28. The summed E-state index contributed by atoms with van der Waals surface area (Å²) in [6, 6.07) is 12.2. The van der Waals surface area contributed by atoms with Crippen LogP contribution in [0.3, 0.4) is 0 Å². The highest BCUT2D eigenvalue weighted by Gasteiger charge is 2.54. The Hall–Kier alpha value is -0.820. The molecule has 0 bridgehead atoms. The zero-order valence-corrected chi connectivity index (χ0v) is 13.2. The summed E-state index contributed by atoms with van der Waals surface area (Å²) in [7, 11) is 0. The van der Waals surface area contributed by atoms with Gasteiger partial charge in [0.05, 0.1) is 0 Å². The first kappa shape index (κ1) is 13.8. The van der Waals surface area contributed by atoms with Gasteiger partial charge in [-0.05, 0) is 49.5 Å². The summed E-state index contributed by atoms with van der Waals surface area (Å²) in [6.45, 7) is 1.21. The fourth-order valence-electron chi connectivity index (χ4n) is 5.07. The highest BCUT2D eigenvalue weighted by molar-refractivity contribution is 5.31. The number of nitrogens with one attached hydrogen (secondary N) is 1. The standard InChI is InChI=1S/C20H29N/c1-2-7-13-19(12-6-1)14-20(15-19,16-21-18-10-11-18)17-8-4-3-5-9-17/h3-5,8-9,18,21H,1-2,6-7,10-16H2. The Labute approximate surface area is 129 Å². The topological polar surface area (TPSA) is 12.0 Å². The van der Waals surface area contributed by atoms with Crippen molar-refractivity contribution in [2.45, 2.75) is 75.7 Å². The van der Waals surface area contributed by atoms with E-state index in [4.69, 9.17) is 0 Å². The average molecular weight is 283 g/mol. The molecule has 1 N–H and O–H groups in total. The molecule has 3 fully saturated rings. The van der Waals surface area contributed by atoms with E-state index in [0.29, 0.717) is 10.8 Å². The van der Waals surface area contributed by atoms with Gasteiger partial charge in [0.25, 0.3) is 0 Å². The summed E-state index contributed by atoms with van der Waals surface area (Å²) in [6.07, 6.45) is 14.5. The summed E-state index contributed by atoms with van der Waals surface area (Å²) in [4.78, 5) is 0. The Bertz CT molecular complexity index is 458. The monoisotopic (exact) mass is 283 g/mol. The summed E-state index contributed by atoms with van der Waals surface area (Å²) in [5, 5.41) is 3.84. The second-order valence-electron chi connectivity index (χ2n) is 8.07. The van der Waals surface area contributed by atoms with Gasteiger partial charge in [0, 0.05) is 18.0 Å². The molecule has 3 aliphatic rings. The minimum Gasteiger partial charge on any atom is -0.313 e. The fraction of sp³-hybridized carbons (Fsp3) is 0.700. The molecule has 0 atom stereocenters. The van der Waals surface area contributed by atoms with E-state index in [0.717, 1.165) is 6.04 Å². The van der Waals surface area contributed by atoms with Crippen LogP contribution in [0.4, 0.5) is 0 Å². The Morgan fingerprint density at radius 1 is 0.905 bits per heavy atom. The largest absolute Gasteiger partial charge is 0.313 e. The first-order valence-corrected chi connectivity index (χ1v) is 9.09. The normalized spacial score (nSPS) is 27.0. The molecule has 1 aromatic rings.